The minimum Gasteiger partial charge on any atom is -0.497 e. The molecular formula is C23H33N3O4. The van der Waals surface area contributed by atoms with Crippen LogP contribution in [0, 0.1) is 11.8 Å². The predicted molar refractivity (Wildman–Crippen MR) is 115 cm³/mol. The van der Waals surface area contributed by atoms with E-state index in [0.29, 0.717) is 42.2 Å². The zero-order chi connectivity index (χ0) is 21.1. The Balaban J connectivity index is 1.37. The number of piperidine rings is 2. The summed E-state index contributed by atoms with van der Waals surface area (Å²) in [4.78, 5) is 29.8. The Hall–Kier alpha value is -2.28. The van der Waals surface area contributed by atoms with Gasteiger partial charge in [0.25, 0.3) is 0 Å². The number of nitrogens with one attached hydrogen (secondary N) is 1. The van der Waals surface area contributed by atoms with E-state index >= 15 is 0 Å². The first-order valence-corrected chi connectivity index (χ1v) is 11.1. The molecule has 3 unspecified atom stereocenters. The first-order valence-electron chi connectivity index (χ1n) is 11.1. The normalized spacial score (nSPS) is 26.9. The lowest BCUT2D eigenvalue weighted by molar-refractivity contribution is -0.126. The number of methoxy groups -OCH3 is 2. The van der Waals surface area contributed by atoms with Gasteiger partial charge in [-0.1, -0.05) is 6.42 Å². The average Bonchev–Trinajstić information content (AvgIpc) is 3.18. The van der Waals surface area contributed by atoms with Crippen molar-refractivity contribution >= 4 is 17.5 Å². The van der Waals surface area contributed by atoms with Crippen molar-refractivity contribution in [2.75, 3.05) is 45.3 Å². The van der Waals surface area contributed by atoms with Crippen molar-refractivity contribution in [1.29, 1.82) is 0 Å². The monoisotopic (exact) mass is 415 g/mol. The zero-order valence-electron chi connectivity index (χ0n) is 18.1. The van der Waals surface area contributed by atoms with Gasteiger partial charge in [-0.3, -0.25) is 9.59 Å². The van der Waals surface area contributed by atoms with Gasteiger partial charge in [0, 0.05) is 31.6 Å². The van der Waals surface area contributed by atoms with Gasteiger partial charge in [-0.15, -0.1) is 0 Å². The smallest absolute Gasteiger partial charge is 0.227 e. The molecule has 3 heterocycles. The summed E-state index contributed by atoms with van der Waals surface area (Å²) in [6.45, 7) is 3.48. The first kappa shape index (κ1) is 21.0. The number of carbonyl (C=O) groups excluding carboxylic acids is 2. The maximum absolute atomic E-state index is 12.9. The molecule has 1 aromatic carbocycles. The molecule has 0 spiro atoms. The van der Waals surface area contributed by atoms with E-state index in [1.807, 2.05) is 0 Å². The summed E-state index contributed by atoms with van der Waals surface area (Å²) < 4.78 is 10.7. The number of anilines is 1. The predicted octanol–water partition coefficient (Wildman–Crippen LogP) is 2.44. The molecule has 30 heavy (non-hydrogen) atoms. The fourth-order valence-corrected chi connectivity index (χ4v) is 5.32. The highest BCUT2D eigenvalue weighted by Crippen LogP contribution is 2.36. The highest BCUT2D eigenvalue weighted by atomic mass is 16.5. The van der Waals surface area contributed by atoms with Crippen LogP contribution in [-0.4, -0.2) is 63.2 Å². The van der Waals surface area contributed by atoms with Gasteiger partial charge in [0.1, 0.15) is 11.5 Å². The summed E-state index contributed by atoms with van der Waals surface area (Å²) in [5, 5.41) is 3.17. The zero-order valence-corrected chi connectivity index (χ0v) is 18.1. The van der Waals surface area contributed by atoms with Gasteiger partial charge >= 0.3 is 0 Å². The van der Waals surface area contributed by atoms with E-state index in [1.165, 1.54) is 45.2 Å². The van der Waals surface area contributed by atoms with Crippen molar-refractivity contribution in [3.63, 3.8) is 0 Å². The van der Waals surface area contributed by atoms with Crippen LogP contribution < -0.4 is 19.7 Å². The number of carbonyl (C=O) groups is 2. The molecule has 0 bridgehead atoms. The summed E-state index contributed by atoms with van der Waals surface area (Å²) in [7, 11) is 3.17. The molecule has 164 valence electrons. The van der Waals surface area contributed by atoms with Crippen molar-refractivity contribution < 1.29 is 19.1 Å². The number of hydrogen-bond acceptors (Lipinski definition) is 5. The molecule has 0 radical (unpaired) electrons. The summed E-state index contributed by atoms with van der Waals surface area (Å²) in [5.41, 5.74) is 0.655. The van der Waals surface area contributed by atoms with Crippen LogP contribution in [0.5, 0.6) is 11.5 Å². The molecule has 3 atom stereocenters. The third-order valence-electron chi connectivity index (χ3n) is 6.94. The molecule has 0 saturated carbocycles. The highest BCUT2D eigenvalue weighted by Gasteiger charge is 2.38. The molecule has 0 aromatic heterocycles. The second kappa shape index (κ2) is 9.25. The van der Waals surface area contributed by atoms with E-state index in [-0.39, 0.29) is 24.2 Å². The van der Waals surface area contributed by atoms with E-state index in [0.717, 1.165) is 0 Å². The fourth-order valence-electron chi connectivity index (χ4n) is 5.32. The molecule has 1 aromatic rings. The number of hydrogen-bond donors (Lipinski definition) is 1. The summed E-state index contributed by atoms with van der Waals surface area (Å²) in [6.07, 6.45) is 6.45. The van der Waals surface area contributed by atoms with Gasteiger partial charge < -0.3 is 24.6 Å². The molecule has 7 heteroatoms. The molecule has 0 aliphatic carbocycles. The molecule has 3 aliphatic rings. The lowest BCUT2D eigenvalue weighted by Gasteiger charge is -2.44. The van der Waals surface area contributed by atoms with Crippen LogP contribution in [0.4, 0.5) is 5.69 Å². The van der Waals surface area contributed by atoms with Crippen LogP contribution in [0.2, 0.25) is 0 Å². The molecule has 1 N–H and O–H groups in total. The Bertz CT molecular complexity index is 782. The number of rotatable bonds is 6. The molecular weight excluding hydrogens is 382 g/mol. The van der Waals surface area contributed by atoms with Gasteiger partial charge in [0.05, 0.1) is 25.8 Å². The quantitative estimate of drug-likeness (QED) is 0.773. The lowest BCUT2D eigenvalue weighted by Crippen LogP contribution is -2.51. The highest BCUT2D eigenvalue weighted by molar-refractivity contribution is 6.01. The largest absolute Gasteiger partial charge is 0.497 e. The van der Waals surface area contributed by atoms with Gasteiger partial charge in [-0.05, 0) is 56.8 Å². The maximum Gasteiger partial charge on any atom is 0.227 e. The van der Waals surface area contributed by atoms with Crippen LogP contribution in [0.15, 0.2) is 18.2 Å². The number of ether oxygens (including phenoxy) is 2. The SMILES string of the molecule is COc1ccc(OC)c(N2CC(C(=O)NCC3CCCN4CCCCC34)CC2=O)c1. The Morgan fingerprint density at radius 2 is 1.97 bits per heavy atom. The average molecular weight is 416 g/mol. The van der Waals surface area contributed by atoms with Gasteiger partial charge in [-0.2, -0.15) is 0 Å². The van der Waals surface area contributed by atoms with Gasteiger partial charge in [0.15, 0.2) is 0 Å². The standard InChI is InChI=1S/C23H33N3O4/c1-29-18-8-9-21(30-2)20(13-18)26-15-17(12-22(26)27)23(28)24-14-16-6-5-11-25-10-4-3-7-19(16)25/h8-9,13,16-17,19H,3-7,10-12,14-15H2,1-2H3,(H,24,28). The van der Waals surface area contributed by atoms with Gasteiger partial charge in [0.2, 0.25) is 11.8 Å². The third-order valence-corrected chi connectivity index (χ3v) is 6.94. The van der Waals surface area contributed by atoms with Crippen LogP contribution in [0.1, 0.15) is 38.5 Å². The van der Waals surface area contributed by atoms with E-state index < -0.39 is 0 Å². The molecule has 2 amide bonds. The van der Waals surface area contributed by atoms with Crippen molar-refractivity contribution in [1.82, 2.24) is 10.2 Å². The molecule has 7 nitrogen and oxygen atoms in total. The lowest BCUT2D eigenvalue weighted by atomic mass is 9.83. The first-order chi connectivity index (χ1) is 14.6. The van der Waals surface area contributed by atoms with Crippen LogP contribution in [0.3, 0.4) is 0 Å². The second-order valence-corrected chi connectivity index (χ2v) is 8.69. The van der Waals surface area contributed by atoms with Crippen molar-refractivity contribution in [2.45, 2.75) is 44.6 Å². The van der Waals surface area contributed by atoms with E-state index in [2.05, 4.69) is 10.2 Å². The van der Waals surface area contributed by atoms with E-state index in [1.54, 1.807) is 37.3 Å². The minimum absolute atomic E-state index is 0.0133. The minimum atomic E-state index is -0.334. The van der Waals surface area contributed by atoms with Crippen molar-refractivity contribution in [3.8, 4) is 11.5 Å². The summed E-state index contributed by atoms with van der Waals surface area (Å²) in [5.74, 6) is 1.37. The fraction of sp³-hybridized carbons (Fsp3) is 0.652. The number of fused-ring (bicyclic) bond motifs is 1. The number of amides is 2. The molecule has 3 aliphatic heterocycles. The van der Waals surface area contributed by atoms with Crippen LogP contribution in [0.25, 0.3) is 0 Å². The Morgan fingerprint density at radius 3 is 2.77 bits per heavy atom. The van der Waals surface area contributed by atoms with Crippen molar-refractivity contribution in [2.24, 2.45) is 11.8 Å². The maximum atomic E-state index is 12.9. The van der Waals surface area contributed by atoms with Crippen LogP contribution in [-0.2, 0) is 9.59 Å². The number of benzene rings is 1. The van der Waals surface area contributed by atoms with E-state index in [4.69, 9.17) is 9.47 Å². The third kappa shape index (κ3) is 4.26. The topological polar surface area (TPSA) is 71.1 Å². The Morgan fingerprint density at radius 1 is 1.13 bits per heavy atom. The summed E-state index contributed by atoms with van der Waals surface area (Å²) >= 11 is 0. The van der Waals surface area contributed by atoms with E-state index in [9.17, 15) is 9.59 Å². The van der Waals surface area contributed by atoms with Gasteiger partial charge in [-0.25, -0.2) is 0 Å². The molecule has 4 rings (SSSR count). The molecule has 3 saturated heterocycles. The second-order valence-electron chi connectivity index (χ2n) is 8.69. The molecule has 3 fully saturated rings. The Kier molecular flexibility index (Phi) is 6.46. The van der Waals surface area contributed by atoms with Crippen molar-refractivity contribution in [3.05, 3.63) is 18.2 Å². The summed E-state index contributed by atoms with van der Waals surface area (Å²) in [6, 6.07) is 5.98. The van der Waals surface area contributed by atoms with Crippen LogP contribution >= 0.6 is 0 Å². The Labute approximate surface area is 178 Å². The number of nitrogens with zero attached hydrogens (tertiary/aromatic N) is 2.